The maximum atomic E-state index is 12.2. The Balaban J connectivity index is 2.39. The first-order valence-electron chi connectivity index (χ1n) is 7.49. The van der Waals surface area contributed by atoms with Gasteiger partial charge in [0, 0.05) is 10.0 Å². The van der Waals surface area contributed by atoms with Crippen molar-refractivity contribution in [3.63, 3.8) is 0 Å². The van der Waals surface area contributed by atoms with Crippen molar-refractivity contribution in [3.8, 4) is 0 Å². The van der Waals surface area contributed by atoms with E-state index in [1.165, 1.54) is 25.7 Å². The van der Waals surface area contributed by atoms with Crippen LogP contribution in [-0.4, -0.2) is 18.0 Å². The standard InChI is InChI=1S/C17H25BrO2/c1-4-5-6-7-8-13(2)20-14(3)17(19)15-9-11-16(18)12-10-15/h9-14H,4-8H2,1-3H3. The number of hydrogen-bond donors (Lipinski definition) is 0. The van der Waals surface area contributed by atoms with Gasteiger partial charge < -0.3 is 4.74 Å². The van der Waals surface area contributed by atoms with Crippen LogP contribution in [-0.2, 0) is 4.74 Å². The van der Waals surface area contributed by atoms with E-state index in [4.69, 9.17) is 4.74 Å². The molecule has 0 saturated heterocycles. The van der Waals surface area contributed by atoms with Crippen molar-refractivity contribution >= 4 is 21.7 Å². The Hall–Kier alpha value is -0.670. The first kappa shape index (κ1) is 17.4. The molecule has 1 aromatic rings. The molecule has 2 unspecified atom stereocenters. The Morgan fingerprint density at radius 1 is 1.15 bits per heavy atom. The van der Waals surface area contributed by atoms with E-state index in [0.717, 1.165) is 10.9 Å². The molecule has 0 saturated carbocycles. The van der Waals surface area contributed by atoms with Gasteiger partial charge in [-0.05, 0) is 32.4 Å². The van der Waals surface area contributed by atoms with Gasteiger partial charge in [0.1, 0.15) is 6.10 Å². The number of hydrogen-bond acceptors (Lipinski definition) is 2. The van der Waals surface area contributed by atoms with Crippen LogP contribution in [0.1, 0.15) is 63.2 Å². The summed E-state index contributed by atoms with van der Waals surface area (Å²) in [4.78, 5) is 12.2. The molecule has 0 aromatic heterocycles. The lowest BCUT2D eigenvalue weighted by Crippen LogP contribution is -2.25. The second-order valence-electron chi connectivity index (χ2n) is 5.31. The third-order valence-corrected chi connectivity index (χ3v) is 3.93. The number of carbonyl (C=O) groups is 1. The average Bonchev–Trinajstić information content (AvgIpc) is 2.43. The first-order valence-corrected chi connectivity index (χ1v) is 8.29. The van der Waals surface area contributed by atoms with Crippen molar-refractivity contribution in [2.75, 3.05) is 0 Å². The first-order chi connectivity index (χ1) is 9.54. The van der Waals surface area contributed by atoms with E-state index in [-0.39, 0.29) is 18.0 Å². The smallest absolute Gasteiger partial charge is 0.191 e. The topological polar surface area (TPSA) is 26.3 Å². The maximum absolute atomic E-state index is 12.2. The molecule has 0 heterocycles. The highest BCUT2D eigenvalue weighted by molar-refractivity contribution is 9.10. The van der Waals surface area contributed by atoms with Gasteiger partial charge in [0.15, 0.2) is 5.78 Å². The Morgan fingerprint density at radius 3 is 2.40 bits per heavy atom. The fourth-order valence-corrected chi connectivity index (χ4v) is 2.45. The lowest BCUT2D eigenvalue weighted by Gasteiger charge is -2.18. The molecule has 0 aliphatic carbocycles. The van der Waals surface area contributed by atoms with Crippen molar-refractivity contribution in [1.29, 1.82) is 0 Å². The zero-order valence-electron chi connectivity index (χ0n) is 12.7. The van der Waals surface area contributed by atoms with E-state index in [2.05, 4.69) is 29.8 Å². The summed E-state index contributed by atoms with van der Waals surface area (Å²) >= 11 is 3.37. The molecule has 3 heteroatoms. The number of Topliss-reactive ketones (excluding diaryl/α,β-unsaturated/α-hetero) is 1. The highest BCUT2D eigenvalue weighted by Gasteiger charge is 2.18. The quantitative estimate of drug-likeness (QED) is 0.444. The van der Waals surface area contributed by atoms with Gasteiger partial charge in [0.05, 0.1) is 6.10 Å². The number of carbonyl (C=O) groups excluding carboxylic acids is 1. The highest BCUT2D eigenvalue weighted by Crippen LogP contribution is 2.15. The molecule has 2 atom stereocenters. The van der Waals surface area contributed by atoms with E-state index < -0.39 is 0 Å². The van der Waals surface area contributed by atoms with E-state index in [9.17, 15) is 4.79 Å². The molecule has 0 radical (unpaired) electrons. The van der Waals surface area contributed by atoms with Gasteiger partial charge in [-0.15, -0.1) is 0 Å². The SMILES string of the molecule is CCCCCCC(C)OC(C)C(=O)c1ccc(Br)cc1. The Morgan fingerprint density at radius 2 is 1.80 bits per heavy atom. The fraction of sp³-hybridized carbons (Fsp3) is 0.588. The third-order valence-electron chi connectivity index (χ3n) is 3.40. The molecule has 112 valence electrons. The van der Waals surface area contributed by atoms with Crippen LogP contribution < -0.4 is 0 Å². The molecule has 1 rings (SSSR count). The summed E-state index contributed by atoms with van der Waals surface area (Å²) in [5.74, 6) is 0.0536. The average molecular weight is 341 g/mol. The molecular weight excluding hydrogens is 316 g/mol. The highest BCUT2D eigenvalue weighted by atomic mass is 79.9. The summed E-state index contributed by atoms with van der Waals surface area (Å²) in [5.41, 5.74) is 0.707. The van der Waals surface area contributed by atoms with Gasteiger partial charge in [-0.3, -0.25) is 4.79 Å². The number of rotatable bonds is 9. The van der Waals surface area contributed by atoms with Crippen molar-refractivity contribution in [2.45, 2.75) is 65.1 Å². The number of halogens is 1. The largest absolute Gasteiger partial charge is 0.367 e. The zero-order chi connectivity index (χ0) is 15.0. The predicted octanol–water partition coefficient (Wildman–Crippen LogP) is 5.40. The molecule has 0 aliphatic rings. The molecule has 0 amide bonds. The van der Waals surface area contributed by atoms with Crippen molar-refractivity contribution in [3.05, 3.63) is 34.3 Å². The fourth-order valence-electron chi connectivity index (χ4n) is 2.19. The Kier molecular flexibility index (Phi) is 8.08. The summed E-state index contributed by atoms with van der Waals surface area (Å²) in [6.45, 7) is 6.10. The second-order valence-corrected chi connectivity index (χ2v) is 6.23. The summed E-state index contributed by atoms with van der Waals surface area (Å²) in [6.07, 6.45) is 5.73. The van der Waals surface area contributed by atoms with Crippen LogP contribution in [0.5, 0.6) is 0 Å². The molecule has 0 fully saturated rings. The van der Waals surface area contributed by atoms with Crippen molar-refractivity contribution in [1.82, 2.24) is 0 Å². The van der Waals surface area contributed by atoms with E-state index in [1.54, 1.807) is 0 Å². The molecule has 0 aliphatic heterocycles. The molecule has 0 N–H and O–H groups in total. The van der Waals surface area contributed by atoms with Crippen LogP contribution in [0.25, 0.3) is 0 Å². The Bertz CT molecular complexity index is 400. The third kappa shape index (κ3) is 6.19. The molecule has 2 nitrogen and oxygen atoms in total. The van der Waals surface area contributed by atoms with E-state index in [0.29, 0.717) is 5.56 Å². The summed E-state index contributed by atoms with van der Waals surface area (Å²) in [7, 11) is 0. The minimum atomic E-state index is -0.377. The number of benzene rings is 1. The molecule has 1 aromatic carbocycles. The van der Waals surface area contributed by atoms with E-state index >= 15 is 0 Å². The maximum Gasteiger partial charge on any atom is 0.191 e. The number of ketones is 1. The minimum absolute atomic E-state index is 0.0536. The summed E-state index contributed by atoms with van der Waals surface area (Å²) < 4.78 is 6.79. The summed E-state index contributed by atoms with van der Waals surface area (Å²) in [5, 5.41) is 0. The van der Waals surface area contributed by atoms with Gasteiger partial charge in [-0.1, -0.05) is 60.7 Å². The molecule has 0 bridgehead atoms. The zero-order valence-corrected chi connectivity index (χ0v) is 14.3. The lowest BCUT2D eigenvalue weighted by atomic mass is 10.1. The van der Waals surface area contributed by atoms with Crippen LogP contribution in [0.2, 0.25) is 0 Å². The van der Waals surface area contributed by atoms with Gasteiger partial charge >= 0.3 is 0 Å². The minimum Gasteiger partial charge on any atom is -0.367 e. The van der Waals surface area contributed by atoms with Crippen LogP contribution in [0.3, 0.4) is 0 Å². The van der Waals surface area contributed by atoms with Crippen LogP contribution >= 0.6 is 15.9 Å². The van der Waals surface area contributed by atoms with Crippen molar-refractivity contribution in [2.24, 2.45) is 0 Å². The molecule has 20 heavy (non-hydrogen) atoms. The van der Waals surface area contributed by atoms with Crippen LogP contribution in [0, 0.1) is 0 Å². The van der Waals surface area contributed by atoms with Gasteiger partial charge in [0.25, 0.3) is 0 Å². The molecule has 0 spiro atoms. The van der Waals surface area contributed by atoms with E-state index in [1.807, 2.05) is 31.2 Å². The predicted molar refractivity (Wildman–Crippen MR) is 87.2 cm³/mol. The molecular formula is C17H25BrO2. The van der Waals surface area contributed by atoms with Crippen LogP contribution in [0.15, 0.2) is 28.7 Å². The normalized spacial score (nSPS) is 14.0. The lowest BCUT2D eigenvalue weighted by molar-refractivity contribution is 0.00834. The summed E-state index contributed by atoms with van der Waals surface area (Å²) in [6, 6.07) is 7.43. The van der Waals surface area contributed by atoms with Crippen LogP contribution in [0.4, 0.5) is 0 Å². The second kappa shape index (κ2) is 9.30. The van der Waals surface area contributed by atoms with Crippen molar-refractivity contribution < 1.29 is 9.53 Å². The van der Waals surface area contributed by atoms with Gasteiger partial charge in [0.2, 0.25) is 0 Å². The number of unbranched alkanes of at least 4 members (excludes halogenated alkanes) is 3. The number of ether oxygens (including phenoxy) is 1. The van der Waals surface area contributed by atoms with Gasteiger partial charge in [-0.25, -0.2) is 0 Å². The monoisotopic (exact) mass is 340 g/mol. The van der Waals surface area contributed by atoms with Gasteiger partial charge in [-0.2, -0.15) is 0 Å². The Labute approximate surface area is 131 Å².